The fourth-order valence-corrected chi connectivity index (χ4v) is 7.64. The largest absolute Gasteiger partial charge is 0.443 e. The van der Waals surface area contributed by atoms with Gasteiger partial charge in [-0.05, 0) is 36.1 Å². The number of piperazine rings is 1. The van der Waals surface area contributed by atoms with E-state index in [2.05, 4.69) is 25.5 Å². The highest BCUT2D eigenvalue weighted by atomic mass is 16.5. The molecule has 7 rings (SSSR count). The van der Waals surface area contributed by atoms with Gasteiger partial charge in [0.1, 0.15) is 31.1 Å². The third-order valence-electron chi connectivity index (χ3n) is 11.0. The predicted octanol–water partition coefficient (Wildman–Crippen LogP) is 2.35. The van der Waals surface area contributed by atoms with Gasteiger partial charge >= 0.3 is 0 Å². The maximum Gasteiger partial charge on any atom is 0.248 e. The highest BCUT2D eigenvalue weighted by Gasteiger charge is 2.44. The average molecular weight is 854 g/mol. The minimum absolute atomic E-state index is 0.0332. The summed E-state index contributed by atoms with van der Waals surface area (Å²) < 4.78 is 24.1. The molecule has 2 aromatic carbocycles. The highest BCUT2D eigenvalue weighted by molar-refractivity contribution is 5.93. The monoisotopic (exact) mass is 853 g/mol. The van der Waals surface area contributed by atoms with E-state index >= 15 is 0 Å². The van der Waals surface area contributed by atoms with Crippen LogP contribution in [-0.4, -0.2) is 148 Å². The number of benzene rings is 2. The first kappa shape index (κ1) is 44.1. The van der Waals surface area contributed by atoms with Crippen molar-refractivity contribution >= 4 is 46.3 Å². The van der Waals surface area contributed by atoms with Crippen LogP contribution in [0.2, 0.25) is 0 Å². The number of β-amino-alcohol motifs (C(OH)–C–C–N with tert-alkyl or cyclic N) is 1. The van der Waals surface area contributed by atoms with E-state index in [0.29, 0.717) is 37.7 Å². The Morgan fingerprint density at radius 2 is 1.61 bits per heavy atom. The number of ether oxygens (including phenoxy) is 3. The number of aromatic nitrogens is 4. The average Bonchev–Trinajstić information content (AvgIpc) is 3.99. The molecule has 5 aromatic rings. The number of anilines is 1. The van der Waals surface area contributed by atoms with Gasteiger partial charge in [0.15, 0.2) is 12.2 Å². The number of likely N-dealkylation sites (tertiary alicyclic amines) is 1. The van der Waals surface area contributed by atoms with E-state index in [9.17, 15) is 24.3 Å². The number of rotatable bonds is 17. The Balaban J connectivity index is 0.766. The summed E-state index contributed by atoms with van der Waals surface area (Å²) in [5.74, 6) is 0.686. The van der Waals surface area contributed by atoms with Crippen molar-refractivity contribution in [3.63, 3.8) is 0 Å². The Morgan fingerprint density at radius 1 is 0.903 bits per heavy atom. The Labute approximate surface area is 359 Å². The topological polar surface area (TPSA) is 206 Å². The number of aliphatic hydroxyl groups excluding tert-OH is 1. The number of nitrogens with one attached hydrogen (secondary N) is 2. The van der Waals surface area contributed by atoms with Crippen LogP contribution >= 0.6 is 0 Å². The molecule has 0 radical (unpaired) electrons. The van der Waals surface area contributed by atoms with Gasteiger partial charge in [0.25, 0.3) is 0 Å². The van der Waals surface area contributed by atoms with Crippen molar-refractivity contribution < 1.29 is 42.9 Å². The zero-order chi connectivity index (χ0) is 43.8. The molecule has 330 valence electrons. The second kappa shape index (κ2) is 19.8. The molecule has 0 spiro atoms. The van der Waals surface area contributed by atoms with Crippen LogP contribution < -0.4 is 15.5 Å². The number of aryl methyl sites for hydroxylation is 1. The van der Waals surface area contributed by atoms with Gasteiger partial charge in [-0.15, -0.1) is 0 Å². The van der Waals surface area contributed by atoms with Crippen molar-refractivity contribution in [2.75, 3.05) is 77.3 Å². The number of carbonyl (C=O) groups excluding carboxylic acids is 4. The van der Waals surface area contributed by atoms with Crippen LogP contribution in [0, 0.1) is 12.3 Å². The summed E-state index contributed by atoms with van der Waals surface area (Å²) in [6.45, 7) is 10.3. The highest BCUT2D eigenvalue weighted by Crippen LogP contribution is 2.27. The number of amides is 4. The molecule has 2 saturated heterocycles. The van der Waals surface area contributed by atoms with Gasteiger partial charge in [-0.2, -0.15) is 4.98 Å². The van der Waals surface area contributed by atoms with Gasteiger partial charge in [0, 0.05) is 57.4 Å². The van der Waals surface area contributed by atoms with Crippen LogP contribution in [0.5, 0.6) is 0 Å². The van der Waals surface area contributed by atoms with Crippen LogP contribution in [-0.2, 0) is 39.9 Å². The first-order valence-corrected chi connectivity index (χ1v) is 20.9. The third-order valence-corrected chi connectivity index (χ3v) is 11.0. The molecule has 0 aliphatic carbocycles. The number of hydrogen-bond acceptors (Lipinski definition) is 13. The van der Waals surface area contributed by atoms with Crippen molar-refractivity contribution in [2.24, 2.45) is 5.41 Å². The molecule has 4 amide bonds. The number of aliphatic hydroxyl groups is 1. The zero-order valence-electron chi connectivity index (χ0n) is 35.6. The number of nitrogens with zero attached hydrogens (tertiary/aromatic N) is 7. The molecule has 2 fully saturated rings. The maximum atomic E-state index is 13.9. The van der Waals surface area contributed by atoms with Crippen molar-refractivity contribution in [1.29, 1.82) is 0 Å². The SMILES string of the molecule is Cc1ncoc1-c1ccc(CNC(=O)[C@@H]2C[C@@H](O)CN2C(=O)C(NC(=O)COCCOCCOCC(=O)N2CCN(c3ccn4c(n3)nc3ccccc34)CC2)C(C)(C)C)cc1. The normalized spacial score (nSPS) is 17.5. The number of carbonyl (C=O) groups is 4. The molecular formula is C44H55N9O9. The van der Waals surface area contributed by atoms with Gasteiger partial charge in [-0.25, -0.2) is 9.97 Å². The van der Waals surface area contributed by atoms with Crippen LogP contribution in [0.1, 0.15) is 38.4 Å². The Kier molecular flexibility index (Phi) is 14.1. The summed E-state index contributed by atoms with van der Waals surface area (Å²) in [4.78, 5) is 71.8. The maximum absolute atomic E-state index is 13.9. The van der Waals surface area contributed by atoms with Crippen LogP contribution in [0.4, 0.5) is 5.82 Å². The molecule has 1 unspecified atom stereocenters. The van der Waals surface area contributed by atoms with Crippen molar-refractivity contribution in [2.45, 2.75) is 58.8 Å². The van der Waals surface area contributed by atoms with Gasteiger partial charge < -0.3 is 49.1 Å². The van der Waals surface area contributed by atoms with E-state index in [-0.39, 0.29) is 65.1 Å². The summed E-state index contributed by atoms with van der Waals surface area (Å²) in [5, 5.41) is 16.2. The van der Waals surface area contributed by atoms with Crippen molar-refractivity contribution in [3.8, 4) is 11.3 Å². The number of imidazole rings is 1. The van der Waals surface area contributed by atoms with Crippen LogP contribution in [0.25, 0.3) is 28.1 Å². The van der Waals surface area contributed by atoms with Gasteiger partial charge in [-0.3, -0.25) is 23.6 Å². The van der Waals surface area contributed by atoms with E-state index in [4.69, 9.17) is 23.6 Å². The minimum atomic E-state index is -0.984. The van der Waals surface area contributed by atoms with Crippen LogP contribution in [0.3, 0.4) is 0 Å². The van der Waals surface area contributed by atoms with Gasteiger partial charge in [0.05, 0.1) is 49.3 Å². The number of fused-ring (bicyclic) bond motifs is 3. The van der Waals surface area contributed by atoms with Crippen molar-refractivity contribution in [3.05, 3.63) is 78.4 Å². The molecule has 2 aliphatic rings. The molecule has 3 atom stereocenters. The molecular weight excluding hydrogens is 799 g/mol. The molecule has 0 saturated carbocycles. The first-order chi connectivity index (χ1) is 29.9. The summed E-state index contributed by atoms with van der Waals surface area (Å²) in [6, 6.07) is 15.5. The predicted molar refractivity (Wildman–Crippen MR) is 228 cm³/mol. The Hall–Kier alpha value is -5.95. The summed E-state index contributed by atoms with van der Waals surface area (Å²) in [5.41, 5.74) is 3.67. The second-order valence-corrected chi connectivity index (χ2v) is 16.6. The Bertz CT molecular complexity index is 2330. The van der Waals surface area contributed by atoms with Gasteiger partial charge in [0.2, 0.25) is 29.4 Å². The summed E-state index contributed by atoms with van der Waals surface area (Å²) >= 11 is 0. The third kappa shape index (κ3) is 10.7. The van der Waals surface area contributed by atoms with Crippen LogP contribution in [0.15, 0.2) is 71.6 Å². The molecule has 5 heterocycles. The lowest BCUT2D eigenvalue weighted by Crippen LogP contribution is -2.58. The molecule has 62 heavy (non-hydrogen) atoms. The molecule has 18 heteroatoms. The molecule has 3 N–H and O–H groups in total. The van der Waals surface area contributed by atoms with Gasteiger partial charge in [-0.1, -0.05) is 57.2 Å². The molecule has 0 bridgehead atoms. The smallest absolute Gasteiger partial charge is 0.248 e. The lowest BCUT2D eigenvalue weighted by Gasteiger charge is -2.35. The summed E-state index contributed by atoms with van der Waals surface area (Å²) in [6.07, 6.45) is 2.56. The fraction of sp³-hybridized carbons (Fsp3) is 0.477. The molecule has 18 nitrogen and oxygen atoms in total. The standard InChI is InChI=1S/C44H55N9O9/c1-29-39(62-28-46-29)31-11-9-30(10-12-31)24-45-41(57)35-23-32(54)25-53(35)42(58)40(44(2,3)4)49-37(55)26-60-21-19-59-20-22-61-27-38(56)51-17-15-50(16-18-51)36-13-14-52-34-8-6-5-7-33(34)47-43(52)48-36/h5-14,28,32,35,40,54H,15-27H2,1-4H3,(H,45,57)(H,49,55)/t32-,35+,40?/m1/s1. The van der Waals surface area contributed by atoms with E-state index in [0.717, 1.165) is 33.7 Å². The number of oxazole rings is 1. The van der Waals surface area contributed by atoms with E-state index in [1.54, 1.807) is 4.90 Å². The quantitative estimate of drug-likeness (QED) is 0.115. The summed E-state index contributed by atoms with van der Waals surface area (Å²) in [7, 11) is 0. The fourth-order valence-electron chi connectivity index (χ4n) is 7.64. The Morgan fingerprint density at radius 3 is 2.32 bits per heavy atom. The lowest BCUT2D eigenvalue weighted by atomic mass is 9.85. The van der Waals surface area contributed by atoms with E-state index in [1.807, 2.05) is 92.9 Å². The van der Waals surface area contributed by atoms with E-state index < -0.39 is 41.3 Å². The minimum Gasteiger partial charge on any atom is -0.443 e. The number of hydrogen-bond donors (Lipinski definition) is 3. The first-order valence-electron chi connectivity index (χ1n) is 20.9. The van der Waals surface area contributed by atoms with Crippen molar-refractivity contribution in [1.82, 2.24) is 39.8 Å². The second-order valence-electron chi connectivity index (χ2n) is 16.6. The lowest BCUT2D eigenvalue weighted by molar-refractivity contribution is -0.144. The number of para-hydroxylation sites is 2. The van der Waals surface area contributed by atoms with E-state index in [1.165, 1.54) is 11.3 Å². The zero-order valence-corrected chi connectivity index (χ0v) is 35.6. The molecule has 2 aliphatic heterocycles. The molecule has 3 aromatic heterocycles.